The molecule has 1 aromatic carbocycles. The highest BCUT2D eigenvalue weighted by Gasteiger charge is 2.26. The van der Waals surface area contributed by atoms with Crippen LogP contribution in [0.5, 0.6) is 0 Å². The van der Waals surface area contributed by atoms with Crippen molar-refractivity contribution in [2.45, 2.75) is 52.6 Å². The molecule has 5 heteroatoms. The first kappa shape index (κ1) is 18.0. The van der Waals surface area contributed by atoms with Gasteiger partial charge in [-0.25, -0.2) is 4.98 Å². The summed E-state index contributed by atoms with van der Waals surface area (Å²) >= 11 is 0. The largest absolute Gasteiger partial charge is 0.381 e. The SMILES string of the molecule is CCCn1nc(C)c(Cn2cnc(-c3ccccc3)c2[C@H]2CCOC2)c1C. The van der Waals surface area contributed by atoms with Gasteiger partial charge in [0.05, 0.1) is 36.6 Å². The first-order chi connectivity index (χ1) is 13.2. The summed E-state index contributed by atoms with van der Waals surface area (Å²) in [5.41, 5.74) is 7.24. The summed E-state index contributed by atoms with van der Waals surface area (Å²) < 4.78 is 10.2. The fourth-order valence-corrected chi connectivity index (χ4v) is 4.08. The first-order valence-corrected chi connectivity index (χ1v) is 9.90. The van der Waals surface area contributed by atoms with Gasteiger partial charge in [0.25, 0.3) is 0 Å². The molecule has 0 N–H and O–H groups in total. The van der Waals surface area contributed by atoms with Crippen LogP contribution in [0.4, 0.5) is 0 Å². The quantitative estimate of drug-likeness (QED) is 0.654. The Balaban J connectivity index is 1.74. The summed E-state index contributed by atoms with van der Waals surface area (Å²) in [6.07, 6.45) is 4.14. The average Bonchev–Trinajstić information content (AvgIpc) is 3.39. The Hall–Kier alpha value is -2.40. The number of nitrogens with zero attached hydrogens (tertiary/aromatic N) is 4. The first-order valence-electron chi connectivity index (χ1n) is 9.90. The van der Waals surface area contributed by atoms with Crippen LogP contribution in [-0.4, -0.2) is 32.5 Å². The third kappa shape index (κ3) is 3.44. The number of rotatable bonds is 6. The summed E-state index contributed by atoms with van der Waals surface area (Å²) in [5, 5.41) is 4.75. The predicted octanol–water partition coefficient (Wildman–Crippen LogP) is 4.33. The molecule has 2 aromatic heterocycles. The van der Waals surface area contributed by atoms with E-state index in [9.17, 15) is 0 Å². The van der Waals surface area contributed by atoms with E-state index in [2.05, 4.69) is 54.3 Å². The Morgan fingerprint density at radius 3 is 2.70 bits per heavy atom. The molecule has 4 rings (SSSR count). The molecule has 3 aromatic rings. The van der Waals surface area contributed by atoms with E-state index in [0.29, 0.717) is 5.92 Å². The third-order valence-electron chi connectivity index (χ3n) is 5.54. The van der Waals surface area contributed by atoms with E-state index in [1.165, 1.54) is 22.5 Å². The van der Waals surface area contributed by atoms with Crippen molar-refractivity contribution in [3.63, 3.8) is 0 Å². The molecule has 5 nitrogen and oxygen atoms in total. The molecule has 27 heavy (non-hydrogen) atoms. The van der Waals surface area contributed by atoms with E-state index in [1.54, 1.807) is 0 Å². The Morgan fingerprint density at radius 2 is 2.00 bits per heavy atom. The summed E-state index contributed by atoms with van der Waals surface area (Å²) in [5.74, 6) is 0.397. The average molecular weight is 364 g/mol. The number of aromatic nitrogens is 4. The topological polar surface area (TPSA) is 44.9 Å². The summed E-state index contributed by atoms with van der Waals surface area (Å²) in [7, 11) is 0. The van der Waals surface area contributed by atoms with Crippen molar-refractivity contribution in [3.8, 4) is 11.3 Å². The highest BCUT2D eigenvalue weighted by molar-refractivity contribution is 5.62. The van der Waals surface area contributed by atoms with Crippen molar-refractivity contribution in [1.82, 2.24) is 19.3 Å². The minimum absolute atomic E-state index is 0.397. The maximum Gasteiger partial charge on any atom is 0.0959 e. The van der Waals surface area contributed by atoms with E-state index in [4.69, 9.17) is 14.8 Å². The minimum Gasteiger partial charge on any atom is -0.381 e. The van der Waals surface area contributed by atoms with Crippen LogP contribution in [0.25, 0.3) is 11.3 Å². The molecule has 142 valence electrons. The van der Waals surface area contributed by atoms with Gasteiger partial charge in [-0.2, -0.15) is 5.10 Å². The van der Waals surface area contributed by atoms with Gasteiger partial charge in [0.15, 0.2) is 0 Å². The predicted molar refractivity (Wildman–Crippen MR) is 107 cm³/mol. The molecule has 3 heterocycles. The normalized spacial score (nSPS) is 16.9. The van der Waals surface area contributed by atoms with Gasteiger partial charge in [-0.15, -0.1) is 0 Å². The molecule has 0 radical (unpaired) electrons. The highest BCUT2D eigenvalue weighted by Crippen LogP contribution is 2.34. The van der Waals surface area contributed by atoms with Gasteiger partial charge in [0.1, 0.15) is 0 Å². The molecule has 0 amide bonds. The van der Waals surface area contributed by atoms with Gasteiger partial charge < -0.3 is 9.30 Å². The molecule has 1 atom stereocenters. The highest BCUT2D eigenvalue weighted by atomic mass is 16.5. The Morgan fingerprint density at radius 1 is 1.19 bits per heavy atom. The van der Waals surface area contributed by atoms with Crippen LogP contribution in [0.15, 0.2) is 36.7 Å². The van der Waals surface area contributed by atoms with Crippen molar-refractivity contribution < 1.29 is 4.74 Å². The molecule has 1 fully saturated rings. The van der Waals surface area contributed by atoms with E-state index < -0.39 is 0 Å². The van der Waals surface area contributed by atoms with Gasteiger partial charge in [0.2, 0.25) is 0 Å². The van der Waals surface area contributed by atoms with Crippen LogP contribution < -0.4 is 0 Å². The maximum absolute atomic E-state index is 5.70. The Bertz CT molecular complexity index is 904. The molecule has 0 aliphatic carbocycles. The van der Waals surface area contributed by atoms with Gasteiger partial charge in [-0.05, 0) is 26.7 Å². The lowest BCUT2D eigenvalue weighted by Crippen LogP contribution is -2.11. The molecular weight excluding hydrogens is 336 g/mol. The number of imidazole rings is 1. The van der Waals surface area contributed by atoms with Crippen molar-refractivity contribution in [2.24, 2.45) is 0 Å². The smallest absolute Gasteiger partial charge is 0.0959 e. The van der Waals surface area contributed by atoms with Crippen molar-refractivity contribution in [3.05, 3.63) is 59.3 Å². The van der Waals surface area contributed by atoms with Crippen LogP contribution in [0.2, 0.25) is 0 Å². The molecule has 1 aliphatic rings. The lowest BCUT2D eigenvalue weighted by Gasteiger charge is -2.15. The fourth-order valence-electron chi connectivity index (χ4n) is 4.08. The zero-order valence-electron chi connectivity index (χ0n) is 16.5. The van der Waals surface area contributed by atoms with E-state index in [-0.39, 0.29) is 0 Å². The number of hydrogen-bond acceptors (Lipinski definition) is 3. The standard InChI is InChI=1S/C22H28N4O/c1-4-11-26-17(3)20(16(2)24-26)13-25-15-23-21(18-8-6-5-7-9-18)22(25)19-10-12-27-14-19/h5-9,15,19H,4,10-14H2,1-3H3/t19-/m0/s1. The van der Waals surface area contributed by atoms with E-state index >= 15 is 0 Å². The third-order valence-corrected chi connectivity index (χ3v) is 5.54. The molecule has 0 bridgehead atoms. The molecule has 1 aliphatic heterocycles. The number of ether oxygens (including phenoxy) is 1. The zero-order chi connectivity index (χ0) is 18.8. The molecular formula is C22H28N4O. The Kier molecular flexibility index (Phi) is 5.12. The van der Waals surface area contributed by atoms with E-state index in [1.807, 2.05) is 12.4 Å². The van der Waals surface area contributed by atoms with Crippen LogP contribution >= 0.6 is 0 Å². The monoisotopic (exact) mass is 364 g/mol. The fraction of sp³-hybridized carbons (Fsp3) is 0.455. The second-order valence-electron chi connectivity index (χ2n) is 7.41. The summed E-state index contributed by atoms with van der Waals surface area (Å²) in [6, 6.07) is 10.5. The van der Waals surface area contributed by atoms with Crippen molar-refractivity contribution in [2.75, 3.05) is 13.2 Å². The second kappa shape index (κ2) is 7.69. The lowest BCUT2D eigenvalue weighted by molar-refractivity contribution is 0.193. The summed E-state index contributed by atoms with van der Waals surface area (Å²) in [6.45, 7) is 9.87. The van der Waals surface area contributed by atoms with Crippen LogP contribution in [0, 0.1) is 13.8 Å². The summed E-state index contributed by atoms with van der Waals surface area (Å²) in [4.78, 5) is 4.81. The number of hydrogen-bond donors (Lipinski definition) is 0. The molecule has 0 saturated carbocycles. The van der Waals surface area contributed by atoms with Gasteiger partial charge >= 0.3 is 0 Å². The van der Waals surface area contributed by atoms with Gasteiger partial charge in [-0.1, -0.05) is 37.3 Å². The number of aryl methyl sites for hydroxylation is 2. The number of benzene rings is 1. The lowest BCUT2D eigenvalue weighted by atomic mass is 9.99. The molecule has 0 spiro atoms. The van der Waals surface area contributed by atoms with Gasteiger partial charge in [0, 0.05) is 35.9 Å². The van der Waals surface area contributed by atoms with Crippen LogP contribution in [-0.2, 0) is 17.8 Å². The maximum atomic E-state index is 5.70. The van der Waals surface area contributed by atoms with Crippen molar-refractivity contribution >= 4 is 0 Å². The molecule has 0 unspecified atom stereocenters. The van der Waals surface area contributed by atoms with Crippen LogP contribution in [0.1, 0.15) is 48.3 Å². The van der Waals surface area contributed by atoms with Gasteiger partial charge in [-0.3, -0.25) is 4.68 Å². The molecule has 1 saturated heterocycles. The minimum atomic E-state index is 0.397. The van der Waals surface area contributed by atoms with E-state index in [0.717, 1.165) is 50.5 Å². The Labute approximate surface area is 161 Å². The zero-order valence-corrected chi connectivity index (χ0v) is 16.5. The second-order valence-corrected chi connectivity index (χ2v) is 7.41. The van der Waals surface area contributed by atoms with Crippen LogP contribution in [0.3, 0.4) is 0 Å². The van der Waals surface area contributed by atoms with Crippen molar-refractivity contribution in [1.29, 1.82) is 0 Å².